The highest BCUT2D eigenvalue weighted by Crippen LogP contribution is 2.43. The molecule has 0 spiro atoms. The van der Waals surface area contributed by atoms with E-state index >= 15 is 0 Å². The number of fused-ring (bicyclic) bond motifs is 4. The van der Waals surface area contributed by atoms with E-state index in [2.05, 4.69) is 169 Å². The number of benzene rings is 7. The molecular formula is C40H27NO. The monoisotopic (exact) mass is 537 g/mol. The molecule has 0 aliphatic rings. The van der Waals surface area contributed by atoms with Crippen molar-refractivity contribution in [1.82, 2.24) is 0 Å². The van der Waals surface area contributed by atoms with E-state index in [-0.39, 0.29) is 0 Å². The van der Waals surface area contributed by atoms with Gasteiger partial charge in [-0.25, -0.2) is 0 Å². The minimum Gasteiger partial charge on any atom is -0.456 e. The number of para-hydroxylation sites is 2. The van der Waals surface area contributed by atoms with Gasteiger partial charge in [-0.05, 0) is 82.1 Å². The Bertz CT molecular complexity index is 2200. The highest BCUT2D eigenvalue weighted by atomic mass is 16.3. The summed E-state index contributed by atoms with van der Waals surface area (Å²) in [5.74, 6) is 0. The minimum absolute atomic E-state index is 0.900. The summed E-state index contributed by atoms with van der Waals surface area (Å²) >= 11 is 0. The van der Waals surface area contributed by atoms with Crippen LogP contribution in [-0.4, -0.2) is 0 Å². The van der Waals surface area contributed by atoms with Crippen molar-refractivity contribution >= 4 is 49.8 Å². The highest BCUT2D eigenvalue weighted by molar-refractivity contribution is 6.11. The predicted molar refractivity (Wildman–Crippen MR) is 177 cm³/mol. The molecule has 8 rings (SSSR count). The van der Waals surface area contributed by atoms with Gasteiger partial charge in [0.15, 0.2) is 0 Å². The van der Waals surface area contributed by atoms with Gasteiger partial charge < -0.3 is 9.32 Å². The van der Waals surface area contributed by atoms with E-state index < -0.39 is 0 Å². The molecule has 7 aromatic carbocycles. The standard InChI is InChI=1S/C40H27NO/c1-3-12-28(13-4-1)29-16-11-19-34(24-29)41(33-17-5-2-6-18-33)38-21-10-9-20-35(38)32-22-23-39-36(26-32)37-25-30-14-7-8-15-31(30)27-40(37)42-39/h1-27H. The molecule has 0 bridgehead atoms. The Balaban J connectivity index is 1.31. The van der Waals surface area contributed by atoms with E-state index in [4.69, 9.17) is 4.42 Å². The third-order valence-electron chi connectivity index (χ3n) is 8.02. The lowest BCUT2D eigenvalue weighted by molar-refractivity contribution is 0.669. The van der Waals surface area contributed by atoms with E-state index in [1.54, 1.807) is 0 Å². The van der Waals surface area contributed by atoms with Crippen LogP contribution in [0.1, 0.15) is 0 Å². The Morgan fingerprint density at radius 3 is 1.86 bits per heavy atom. The van der Waals surface area contributed by atoms with Gasteiger partial charge >= 0.3 is 0 Å². The number of hydrogen-bond donors (Lipinski definition) is 0. The maximum absolute atomic E-state index is 6.31. The van der Waals surface area contributed by atoms with Crippen LogP contribution in [0.3, 0.4) is 0 Å². The van der Waals surface area contributed by atoms with Crippen molar-refractivity contribution in [1.29, 1.82) is 0 Å². The molecule has 0 amide bonds. The zero-order valence-electron chi connectivity index (χ0n) is 22.9. The molecule has 1 aromatic heterocycles. The Morgan fingerprint density at radius 1 is 0.381 bits per heavy atom. The van der Waals surface area contributed by atoms with Gasteiger partial charge in [-0.1, -0.05) is 109 Å². The van der Waals surface area contributed by atoms with Crippen LogP contribution in [0, 0.1) is 0 Å². The zero-order chi connectivity index (χ0) is 27.9. The molecule has 2 heteroatoms. The van der Waals surface area contributed by atoms with Crippen LogP contribution in [0.4, 0.5) is 17.1 Å². The second kappa shape index (κ2) is 10.1. The molecular weight excluding hydrogens is 510 g/mol. The second-order valence-electron chi connectivity index (χ2n) is 10.6. The summed E-state index contributed by atoms with van der Waals surface area (Å²) in [6, 6.07) is 58.0. The van der Waals surface area contributed by atoms with Crippen LogP contribution < -0.4 is 4.90 Å². The van der Waals surface area contributed by atoms with Crippen molar-refractivity contribution in [2.24, 2.45) is 0 Å². The first-order valence-corrected chi connectivity index (χ1v) is 14.3. The summed E-state index contributed by atoms with van der Waals surface area (Å²) in [5, 5.41) is 4.66. The minimum atomic E-state index is 0.900. The van der Waals surface area contributed by atoms with Crippen molar-refractivity contribution in [2.75, 3.05) is 4.90 Å². The lowest BCUT2D eigenvalue weighted by atomic mass is 9.98. The summed E-state index contributed by atoms with van der Waals surface area (Å²) < 4.78 is 6.31. The molecule has 0 saturated carbocycles. The fourth-order valence-electron chi connectivity index (χ4n) is 6.00. The largest absolute Gasteiger partial charge is 0.456 e. The van der Waals surface area contributed by atoms with Gasteiger partial charge in [-0.15, -0.1) is 0 Å². The third-order valence-corrected chi connectivity index (χ3v) is 8.02. The molecule has 2 nitrogen and oxygen atoms in total. The molecule has 42 heavy (non-hydrogen) atoms. The van der Waals surface area contributed by atoms with Crippen molar-refractivity contribution in [3.63, 3.8) is 0 Å². The quantitative estimate of drug-likeness (QED) is 0.217. The molecule has 0 saturated heterocycles. The van der Waals surface area contributed by atoms with Crippen LogP contribution >= 0.6 is 0 Å². The van der Waals surface area contributed by atoms with Crippen LogP contribution in [0.15, 0.2) is 168 Å². The second-order valence-corrected chi connectivity index (χ2v) is 10.6. The molecule has 0 aliphatic heterocycles. The maximum atomic E-state index is 6.31. The van der Waals surface area contributed by atoms with Crippen LogP contribution in [0.25, 0.3) is 55.0 Å². The fourth-order valence-corrected chi connectivity index (χ4v) is 6.00. The Morgan fingerprint density at radius 2 is 1.02 bits per heavy atom. The van der Waals surface area contributed by atoms with E-state index in [0.29, 0.717) is 0 Å². The fraction of sp³-hybridized carbons (Fsp3) is 0. The van der Waals surface area contributed by atoms with Crippen molar-refractivity contribution in [3.05, 3.63) is 164 Å². The van der Waals surface area contributed by atoms with Crippen LogP contribution in [-0.2, 0) is 0 Å². The number of anilines is 3. The van der Waals surface area contributed by atoms with E-state index in [1.165, 1.54) is 21.9 Å². The molecule has 8 aromatic rings. The molecule has 0 fully saturated rings. The molecule has 0 radical (unpaired) electrons. The van der Waals surface area contributed by atoms with Gasteiger partial charge in [0, 0.05) is 27.7 Å². The van der Waals surface area contributed by atoms with Gasteiger partial charge in [0.25, 0.3) is 0 Å². The van der Waals surface area contributed by atoms with Gasteiger partial charge in [-0.2, -0.15) is 0 Å². The molecule has 0 aliphatic carbocycles. The van der Waals surface area contributed by atoms with Gasteiger partial charge in [0.2, 0.25) is 0 Å². The highest BCUT2D eigenvalue weighted by Gasteiger charge is 2.18. The number of hydrogen-bond acceptors (Lipinski definition) is 2. The summed E-state index contributed by atoms with van der Waals surface area (Å²) in [4.78, 5) is 2.35. The van der Waals surface area contributed by atoms with E-state index in [1.807, 2.05) is 0 Å². The van der Waals surface area contributed by atoms with Gasteiger partial charge in [0.1, 0.15) is 11.2 Å². The Kier molecular flexibility index (Phi) is 5.82. The summed E-state index contributed by atoms with van der Waals surface area (Å²) in [7, 11) is 0. The first-order chi connectivity index (χ1) is 20.8. The van der Waals surface area contributed by atoms with Gasteiger partial charge in [0.05, 0.1) is 5.69 Å². The number of nitrogens with zero attached hydrogens (tertiary/aromatic N) is 1. The van der Waals surface area contributed by atoms with E-state index in [9.17, 15) is 0 Å². The van der Waals surface area contributed by atoms with Crippen LogP contribution in [0.2, 0.25) is 0 Å². The summed E-state index contributed by atoms with van der Waals surface area (Å²) in [5.41, 5.74) is 9.84. The first-order valence-electron chi connectivity index (χ1n) is 14.3. The summed E-state index contributed by atoms with van der Waals surface area (Å²) in [6.07, 6.45) is 0. The molecule has 0 unspecified atom stereocenters. The van der Waals surface area contributed by atoms with E-state index in [0.717, 1.165) is 50.1 Å². The average molecular weight is 538 g/mol. The third kappa shape index (κ3) is 4.22. The van der Waals surface area contributed by atoms with Crippen LogP contribution in [0.5, 0.6) is 0 Å². The predicted octanol–water partition coefficient (Wildman–Crippen LogP) is 11.5. The van der Waals surface area contributed by atoms with Crippen molar-refractivity contribution in [3.8, 4) is 22.3 Å². The first kappa shape index (κ1) is 24.2. The smallest absolute Gasteiger partial charge is 0.136 e. The molecule has 198 valence electrons. The Labute approximate surface area is 244 Å². The zero-order valence-corrected chi connectivity index (χ0v) is 22.9. The van der Waals surface area contributed by atoms with Crippen molar-refractivity contribution < 1.29 is 4.42 Å². The Hall–Kier alpha value is -5.60. The lowest BCUT2D eigenvalue weighted by Crippen LogP contribution is -2.11. The topological polar surface area (TPSA) is 16.4 Å². The maximum Gasteiger partial charge on any atom is 0.136 e. The van der Waals surface area contributed by atoms with Gasteiger partial charge in [-0.3, -0.25) is 0 Å². The lowest BCUT2D eigenvalue weighted by Gasteiger charge is -2.28. The SMILES string of the molecule is c1ccc(-c2cccc(N(c3ccccc3)c3ccccc3-c3ccc4oc5cc6ccccc6cc5c4c3)c2)cc1. The van der Waals surface area contributed by atoms with Crippen molar-refractivity contribution in [2.45, 2.75) is 0 Å². The average Bonchev–Trinajstić information content (AvgIpc) is 3.42. The molecule has 1 heterocycles. The number of furan rings is 1. The normalized spacial score (nSPS) is 11.3. The summed E-state index contributed by atoms with van der Waals surface area (Å²) in [6.45, 7) is 0. The molecule has 0 atom stereocenters. The number of rotatable bonds is 5. The molecule has 0 N–H and O–H groups in total.